The Bertz CT molecular complexity index is 394. The normalized spacial score (nSPS) is 14.2. The zero-order valence-corrected chi connectivity index (χ0v) is 12.0. The summed E-state index contributed by atoms with van der Waals surface area (Å²) in [6.45, 7) is 7.35. The average Bonchev–Trinajstić information content (AvgIpc) is 2.36. The molecule has 3 nitrogen and oxygen atoms in total. The number of aliphatic hydroxyl groups is 1. The van der Waals surface area contributed by atoms with Crippen molar-refractivity contribution in [1.29, 1.82) is 0 Å². The second-order valence-electron chi connectivity index (χ2n) is 5.11. The third kappa shape index (κ3) is 6.03. The second-order valence-corrected chi connectivity index (χ2v) is 5.11. The van der Waals surface area contributed by atoms with Gasteiger partial charge in [0.05, 0.1) is 5.60 Å². The van der Waals surface area contributed by atoms with Gasteiger partial charge in [-0.2, -0.15) is 0 Å². The number of halogens is 1. The van der Waals surface area contributed by atoms with Gasteiger partial charge in [0.15, 0.2) is 0 Å². The molecule has 0 saturated heterocycles. The Morgan fingerprint density at radius 3 is 2.68 bits per heavy atom. The Balaban J connectivity index is 2.63. The molecule has 1 aromatic carbocycles. The van der Waals surface area contributed by atoms with Gasteiger partial charge in [0.25, 0.3) is 0 Å². The highest BCUT2D eigenvalue weighted by Crippen LogP contribution is 2.19. The number of nitrogens with one attached hydrogen (secondary N) is 1. The lowest BCUT2D eigenvalue weighted by molar-refractivity contribution is 0.00834. The summed E-state index contributed by atoms with van der Waals surface area (Å²) in [6.07, 6.45) is 1.63. The van der Waals surface area contributed by atoms with E-state index < -0.39 is 5.60 Å². The third-order valence-electron chi connectivity index (χ3n) is 3.00. The molecule has 1 aromatic rings. The fourth-order valence-corrected chi connectivity index (χ4v) is 1.56. The monoisotopic (exact) mass is 269 g/mol. The number of ether oxygens (including phenoxy) is 1. The summed E-state index contributed by atoms with van der Waals surface area (Å²) in [7, 11) is 0. The SMILES string of the molecule is CCCNCc1cc(F)cc(OCC(C)(O)CC)c1. The van der Waals surface area contributed by atoms with E-state index in [9.17, 15) is 9.50 Å². The molecule has 2 N–H and O–H groups in total. The first-order valence-electron chi connectivity index (χ1n) is 6.82. The predicted octanol–water partition coefficient (Wildman–Crippen LogP) is 2.87. The molecule has 0 amide bonds. The van der Waals surface area contributed by atoms with Crippen LogP contribution in [0.1, 0.15) is 39.2 Å². The standard InChI is InChI=1S/C15H24FNO2/c1-4-6-17-10-12-7-13(16)9-14(8-12)19-11-15(3,18)5-2/h7-9,17-18H,4-6,10-11H2,1-3H3. The Morgan fingerprint density at radius 2 is 2.05 bits per heavy atom. The van der Waals surface area contributed by atoms with Gasteiger partial charge in [0.1, 0.15) is 18.2 Å². The van der Waals surface area contributed by atoms with E-state index in [0.29, 0.717) is 18.7 Å². The van der Waals surface area contributed by atoms with Gasteiger partial charge in [0.2, 0.25) is 0 Å². The smallest absolute Gasteiger partial charge is 0.127 e. The van der Waals surface area contributed by atoms with Crippen LogP contribution in [0.15, 0.2) is 18.2 Å². The Hall–Kier alpha value is -1.13. The Morgan fingerprint density at radius 1 is 1.32 bits per heavy atom. The minimum absolute atomic E-state index is 0.161. The van der Waals surface area contributed by atoms with Gasteiger partial charge >= 0.3 is 0 Å². The first kappa shape index (κ1) is 15.9. The van der Waals surface area contributed by atoms with Crippen molar-refractivity contribution in [2.75, 3.05) is 13.2 Å². The molecule has 19 heavy (non-hydrogen) atoms. The van der Waals surface area contributed by atoms with Crippen LogP contribution in [0.4, 0.5) is 4.39 Å². The predicted molar refractivity (Wildman–Crippen MR) is 74.8 cm³/mol. The molecule has 0 radical (unpaired) electrons. The molecule has 0 aliphatic carbocycles. The van der Waals surface area contributed by atoms with E-state index >= 15 is 0 Å². The fourth-order valence-electron chi connectivity index (χ4n) is 1.56. The Labute approximate surface area is 114 Å². The van der Waals surface area contributed by atoms with Gasteiger partial charge in [0, 0.05) is 12.6 Å². The zero-order chi connectivity index (χ0) is 14.3. The summed E-state index contributed by atoms with van der Waals surface area (Å²) in [5, 5.41) is 13.1. The third-order valence-corrected chi connectivity index (χ3v) is 3.00. The van der Waals surface area contributed by atoms with Crippen LogP contribution in [-0.2, 0) is 6.54 Å². The molecule has 1 atom stereocenters. The lowest BCUT2D eigenvalue weighted by Crippen LogP contribution is -2.31. The molecule has 0 fully saturated rings. The van der Waals surface area contributed by atoms with Crippen molar-refractivity contribution in [2.24, 2.45) is 0 Å². The summed E-state index contributed by atoms with van der Waals surface area (Å²) >= 11 is 0. The first-order valence-corrected chi connectivity index (χ1v) is 6.82. The highest BCUT2D eigenvalue weighted by molar-refractivity contribution is 5.29. The van der Waals surface area contributed by atoms with Gasteiger partial charge < -0.3 is 15.2 Å². The minimum atomic E-state index is -0.882. The van der Waals surface area contributed by atoms with Crippen molar-refractivity contribution in [3.63, 3.8) is 0 Å². The molecule has 0 heterocycles. The van der Waals surface area contributed by atoms with Gasteiger partial charge in [-0.25, -0.2) is 4.39 Å². The number of hydrogen-bond donors (Lipinski definition) is 2. The van der Waals surface area contributed by atoms with Crippen molar-refractivity contribution in [1.82, 2.24) is 5.32 Å². The van der Waals surface area contributed by atoms with Crippen LogP contribution in [-0.4, -0.2) is 23.9 Å². The average molecular weight is 269 g/mol. The lowest BCUT2D eigenvalue weighted by Gasteiger charge is -2.21. The molecular formula is C15H24FNO2. The largest absolute Gasteiger partial charge is 0.490 e. The van der Waals surface area contributed by atoms with E-state index in [4.69, 9.17) is 4.74 Å². The molecule has 0 aliphatic rings. The molecule has 108 valence electrons. The molecule has 0 aromatic heterocycles. The van der Waals surface area contributed by atoms with Gasteiger partial charge in [-0.05, 0) is 44.0 Å². The highest BCUT2D eigenvalue weighted by Gasteiger charge is 2.18. The van der Waals surface area contributed by atoms with Crippen LogP contribution in [0.2, 0.25) is 0 Å². The number of rotatable bonds is 8. The quantitative estimate of drug-likeness (QED) is 0.713. The van der Waals surface area contributed by atoms with Gasteiger partial charge in [-0.15, -0.1) is 0 Å². The molecule has 0 spiro atoms. The summed E-state index contributed by atoms with van der Waals surface area (Å²) in [5.41, 5.74) is -0.0352. The van der Waals surface area contributed by atoms with E-state index in [1.54, 1.807) is 13.0 Å². The van der Waals surface area contributed by atoms with E-state index in [-0.39, 0.29) is 12.4 Å². The van der Waals surface area contributed by atoms with Crippen LogP contribution in [0.25, 0.3) is 0 Å². The zero-order valence-electron chi connectivity index (χ0n) is 12.0. The van der Waals surface area contributed by atoms with E-state index in [2.05, 4.69) is 12.2 Å². The molecule has 0 saturated carbocycles. The first-order chi connectivity index (χ1) is 8.96. The number of benzene rings is 1. The van der Waals surface area contributed by atoms with E-state index in [0.717, 1.165) is 18.5 Å². The molecule has 1 rings (SSSR count). The number of hydrogen-bond acceptors (Lipinski definition) is 3. The molecular weight excluding hydrogens is 245 g/mol. The summed E-state index contributed by atoms with van der Waals surface area (Å²) < 4.78 is 18.9. The van der Waals surface area contributed by atoms with E-state index in [1.807, 2.05) is 6.92 Å². The van der Waals surface area contributed by atoms with Crippen LogP contribution >= 0.6 is 0 Å². The van der Waals surface area contributed by atoms with Crippen molar-refractivity contribution in [3.05, 3.63) is 29.6 Å². The van der Waals surface area contributed by atoms with Crippen LogP contribution < -0.4 is 10.1 Å². The second kappa shape index (κ2) is 7.46. The summed E-state index contributed by atoms with van der Waals surface area (Å²) in [6, 6.07) is 4.64. The highest BCUT2D eigenvalue weighted by atomic mass is 19.1. The topological polar surface area (TPSA) is 41.5 Å². The van der Waals surface area contributed by atoms with Crippen LogP contribution in [0.5, 0.6) is 5.75 Å². The maximum atomic E-state index is 13.5. The van der Waals surface area contributed by atoms with Crippen molar-refractivity contribution >= 4 is 0 Å². The van der Waals surface area contributed by atoms with E-state index in [1.165, 1.54) is 12.1 Å². The summed E-state index contributed by atoms with van der Waals surface area (Å²) in [5.74, 6) is 0.143. The lowest BCUT2D eigenvalue weighted by atomic mass is 10.1. The summed E-state index contributed by atoms with van der Waals surface area (Å²) in [4.78, 5) is 0. The molecule has 4 heteroatoms. The van der Waals surface area contributed by atoms with Gasteiger partial charge in [-0.1, -0.05) is 13.8 Å². The van der Waals surface area contributed by atoms with Crippen LogP contribution in [0, 0.1) is 5.82 Å². The fraction of sp³-hybridized carbons (Fsp3) is 0.600. The molecule has 0 bridgehead atoms. The minimum Gasteiger partial charge on any atom is -0.490 e. The van der Waals surface area contributed by atoms with Crippen molar-refractivity contribution < 1.29 is 14.2 Å². The molecule has 0 aliphatic heterocycles. The Kier molecular flexibility index (Phi) is 6.25. The van der Waals surface area contributed by atoms with Crippen LogP contribution in [0.3, 0.4) is 0 Å². The molecule has 1 unspecified atom stereocenters. The maximum Gasteiger partial charge on any atom is 0.127 e. The van der Waals surface area contributed by atoms with Gasteiger partial charge in [-0.3, -0.25) is 0 Å². The maximum absolute atomic E-state index is 13.5. The van der Waals surface area contributed by atoms with Crippen molar-refractivity contribution in [3.8, 4) is 5.75 Å². The van der Waals surface area contributed by atoms with Crippen molar-refractivity contribution in [2.45, 2.75) is 45.8 Å².